The van der Waals surface area contributed by atoms with Crippen molar-refractivity contribution < 1.29 is 14.3 Å². The molecule has 31 heavy (non-hydrogen) atoms. The SMILES string of the molecule is COc1ccc(N2C(=O)c3cc(C)nn3C[C@]2(C)C(=O)NCc2ccc(C)cc2)cc1. The molecule has 0 fully saturated rings. The van der Waals surface area contributed by atoms with Crippen LogP contribution in [0.25, 0.3) is 0 Å². The molecular weight excluding hydrogens is 392 g/mol. The zero-order valence-corrected chi connectivity index (χ0v) is 18.2. The zero-order valence-electron chi connectivity index (χ0n) is 18.2. The van der Waals surface area contributed by atoms with E-state index in [1.807, 2.05) is 38.1 Å². The monoisotopic (exact) mass is 418 g/mol. The third-order valence-corrected chi connectivity index (χ3v) is 5.67. The van der Waals surface area contributed by atoms with Gasteiger partial charge in [-0.1, -0.05) is 29.8 Å². The van der Waals surface area contributed by atoms with E-state index >= 15 is 0 Å². The molecule has 0 unspecified atom stereocenters. The molecule has 1 aromatic heterocycles. The van der Waals surface area contributed by atoms with E-state index in [2.05, 4.69) is 10.4 Å². The average Bonchev–Trinajstić information content (AvgIpc) is 3.13. The smallest absolute Gasteiger partial charge is 0.277 e. The lowest BCUT2D eigenvalue weighted by Gasteiger charge is -2.43. The van der Waals surface area contributed by atoms with Crippen LogP contribution in [-0.2, 0) is 17.9 Å². The van der Waals surface area contributed by atoms with E-state index in [0.717, 1.165) is 16.8 Å². The summed E-state index contributed by atoms with van der Waals surface area (Å²) in [5.41, 5.74) is 2.84. The van der Waals surface area contributed by atoms with Crippen LogP contribution in [0.5, 0.6) is 5.75 Å². The maximum Gasteiger partial charge on any atom is 0.277 e. The van der Waals surface area contributed by atoms with Crippen molar-refractivity contribution in [2.24, 2.45) is 0 Å². The number of anilines is 1. The summed E-state index contributed by atoms with van der Waals surface area (Å²) in [5.74, 6) is 0.181. The zero-order chi connectivity index (χ0) is 22.2. The molecule has 3 aromatic rings. The van der Waals surface area contributed by atoms with Crippen molar-refractivity contribution >= 4 is 17.5 Å². The first-order chi connectivity index (χ1) is 14.8. The minimum absolute atomic E-state index is 0.240. The summed E-state index contributed by atoms with van der Waals surface area (Å²) in [6.45, 7) is 6.27. The number of aromatic nitrogens is 2. The molecule has 160 valence electrons. The van der Waals surface area contributed by atoms with E-state index in [0.29, 0.717) is 23.7 Å². The quantitative estimate of drug-likeness (QED) is 0.690. The van der Waals surface area contributed by atoms with Gasteiger partial charge in [-0.05, 0) is 56.7 Å². The van der Waals surface area contributed by atoms with Gasteiger partial charge in [0.15, 0.2) is 0 Å². The first-order valence-corrected chi connectivity index (χ1v) is 10.2. The molecule has 0 saturated heterocycles. The predicted molar refractivity (Wildman–Crippen MR) is 118 cm³/mol. The van der Waals surface area contributed by atoms with Crippen LogP contribution < -0.4 is 15.0 Å². The molecule has 4 rings (SSSR count). The van der Waals surface area contributed by atoms with Crippen LogP contribution in [0, 0.1) is 13.8 Å². The van der Waals surface area contributed by atoms with Gasteiger partial charge in [0, 0.05) is 12.2 Å². The molecule has 1 aliphatic rings. The van der Waals surface area contributed by atoms with E-state index in [1.165, 1.54) is 0 Å². The van der Waals surface area contributed by atoms with E-state index in [4.69, 9.17) is 4.74 Å². The highest BCUT2D eigenvalue weighted by atomic mass is 16.5. The standard InChI is InChI=1S/C24H26N4O3/c1-16-5-7-18(8-6-16)14-25-23(30)24(3)15-27-21(13-17(2)26-27)22(29)28(24)19-9-11-20(31-4)12-10-19/h5-13H,14-15H2,1-4H3,(H,25,30)/t24-/m1/s1. The summed E-state index contributed by atoms with van der Waals surface area (Å²) in [6, 6.07) is 16.9. The maximum atomic E-state index is 13.5. The van der Waals surface area contributed by atoms with E-state index < -0.39 is 5.54 Å². The number of fused-ring (bicyclic) bond motifs is 1. The van der Waals surface area contributed by atoms with Gasteiger partial charge in [-0.2, -0.15) is 5.10 Å². The number of carbonyl (C=O) groups is 2. The van der Waals surface area contributed by atoms with Crippen LogP contribution in [0.1, 0.15) is 34.2 Å². The lowest BCUT2D eigenvalue weighted by molar-refractivity contribution is -0.126. The summed E-state index contributed by atoms with van der Waals surface area (Å²) in [4.78, 5) is 28.5. The van der Waals surface area contributed by atoms with Gasteiger partial charge in [0.25, 0.3) is 5.91 Å². The van der Waals surface area contributed by atoms with Gasteiger partial charge < -0.3 is 10.1 Å². The van der Waals surface area contributed by atoms with Gasteiger partial charge in [0.2, 0.25) is 5.91 Å². The Kier molecular flexibility index (Phi) is 5.27. The number of benzene rings is 2. The van der Waals surface area contributed by atoms with Crippen LogP contribution in [-0.4, -0.2) is 34.2 Å². The van der Waals surface area contributed by atoms with Crippen molar-refractivity contribution in [2.45, 2.75) is 39.4 Å². The highest BCUT2D eigenvalue weighted by Crippen LogP contribution is 2.33. The second kappa shape index (κ2) is 7.91. The summed E-state index contributed by atoms with van der Waals surface area (Å²) < 4.78 is 6.87. The summed E-state index contributed by atoms with van der Waals surface area (Å²) in [6.07, 6.45) is 0. The Morgan fingerprint density at radius 1 is 1.13 bits per heavy atom. The normalized spacial score (nSPS) is 17.9. The lowest BCUT2D eigenvalue weighted by Crippen LogP contribution is -2.64. The fraction of sp³-hybridized carbons (Fsp3) is 0.292. The second-order valence-corrected chi connectivity index (χ2v) is 8.11. The van der Waals surface area contributed by atoms with E-state index in [9.17, 15) is 9.59 Å². The van der Waals surface area contributed by atoms with Crippen molar-refractivity contribution in [2.75, 3.05) is 12.0 Å². The molecule has 2 heterocycles. The molecule has 2 amide bonds. The molecule has 0 saturated carbocycles. The summed E-state index contributed by atoms with van der Waals surface area (Å²) in [7, 11) is 1.59. The molecule has 1 N–H and O–H groups in total. The van der Waals surface area contributed by atoms with Gasteiger partial charge in [-0.3, -0.25) is 19.2 Å². The number of hydrogen-bond acceptors (Lipinski definition) is 4. The molecule has 2 aromatic carbocycles. The number of nitrogens with zero attached hydrogens (tertiary/aromatic N) is 3. The van der Waals surface area contributed by atoms with Crippen molar-refractivity contribution in [1.29, 1.82) is 0 Å². The Morgan fingerprint density at radius 3 is 2.45 bits per heavy atom. The van der Waals surface area contributed by atoms with Crippen molar-refractivity contribution in [3.8, 4) is 5.75 Å². The largest absolute Gasteiger partial charge is 0.497 e. The fourth-order valence-electron chi connectivity index (χ4n) is 3.92. The average molecular weight is 418 g/mol. The van der Waals surface area contributed by atoms with Gasteiger partial charge in [-0.25, -0.2) is 0 Å². The Hall–Kier alpha value is -3.61. The van der Waals surface area contributed by atoms with Crippen LogP contribution >= 0.6 is 0 Å². The van der Waals surface area contributed by atoms with Crippen molar-refractivity contribution in [3.05, 3.63) is 77.1 Å². The molecule has 1 aliphatic heterocycles. The van der Waals surface area contributed by atoms with Crippen LogP contribution in [0.15, 0.2) is 54.6 Å². The number of methoxy groups -OCH3 is 1. The topological polar surface area (TPSA) is 76.5 Å². The molecular formula is C24H26N4O3. The summed E-state index contributed by atoms with van der Waals surface area (Å²) in [5, 5.41) is 7.44. The molecule has 7 heteroatoms. The summed E-state index contributed by atoms with van der Waals surface area (Å²) >= 11 is 0. The molecule has 7 nitrogen and oxygen atoms in total. The number of hydrogen-bond donors (Lipinski definition) is 1. The number of ether oxygens (including phenoxy) is 1. The minimum atomic E-state index is -1.15. The number of nitrogens with one attached hydrogen (secondary N) is 1. The third-order valence-electron chi connectivity index (χ3n) is 5.67. The highest BCUT2D eigenvalue weighted by molar-refractivity contribution is 6.11. The first kappa shape index (κ1) is 20.7. The van der Waals surface area contributed by atoms with Gasteiger partial charge in [0.05, 0.1) is 19.3 Å². The molecule has 0 aliphatic carbocycles. The predicted octanol–water partition coefficient (Wildman–Crippen LogP) is 3.24. The minimum Gasteiger partial charge on any atom is -0.497 e. The third kappa shape index (κ3) is 3.79. The number of amides is 2. The van der Waals surface area contributed by atoms with Gasteiger partial charge in [-0.15, -0.1) is 0 Å². The molecule has 0 spiro atoms. The maximum absolute atomic E-state index is 13.5. The number of rotatable bonds is 5. The number of aryl methyl sites for hydroxylation is 2. The first-order valence-electron chi connectivity index (χ1n) is 10.2. The Labute approximate surface area is 181 Å². The Balaban J connectivity index is 1.69. The molecule has 0 radical (unpaired) electrons. The van der Waals surface area contributed by atoms with E-state index in [-0.39, 0.29) is 18.4 Å². The Bertz CT molecular complexity index is 1120. The Morgan fingerprint density at radius 2 is 1.81 bits per heavy atom. The lowest BCUT2D eigenvalue weighted by atomic mass is 9.93. The van der Waals surface area contributed by atoms with Gasteiger partial charge >= 0.3 is 0 Å². The fourth-order valence-corrected chi connectivity index (χ4v) is 3.92. The second-order valence-electron chi connectivity index (χ2n) is 8.11. The highest BCUT2D eigenvalue weighted by Gasteiger charge is 2.48. The van der Waals surface area contributed by atoms with Gasteiger partial charge in [0.1, 0.15) is 17.0 Å². The van der Waals surface area contributed by atoms with Crippen LogP contribution in [0.4, 0.5) is 5.69 Å². The number of carbonyl (C=O) groups excluding carboxylic acids is 2. The van der Waals surface area contributed by atoms with Crippen molar-refractivity contribution in [3.63, 3.8) is 0 Å². The molecule has 0 bridgehead atoms. The van der Waals surface area contributed by atoms with E-state index in [1.54, 1.807) is 53.9 Å². The van der Waals surface area contributed by atoms with Crippen molar-refractivity contribution in [1.82, 2.24) is 15.1 Å². The molecule has 1 atom stereocenters. The van der Waals surface area contributed by atoms with Crippen LogP contribution in [0.3, 0.4) is 0 Å². The van der Waals surface area contributed by atoms with Crippen LogP contribution in [0.2, 0.25) is 0 Å².